The number of carbonyl (C=O) groups is 1. The van der Waals surface area contributed by atoms with Crippen LogP contribution in [0.4, 0.5) is 10.1 Å². The Bertz CT molecular complexity index is 968. The summed E-state index contributed by atoms with van der Waals surface area (Å²) < 4.78 is 15.4. The first-order valence-corrected chi connectivity index (χ1v) is 8.97. The average Bonchev–Trinajstić information content (AvgIpc) is 3.18. The SMILES string of the molecule is O=C(c1cn(-c2ccccc2Cl)nn1)N1CCN(c2ccccc2F)CC1. The predicted molar refractivity (Wildman–Crippen MR) is 101 cm³/mol. The molecule has 0 bridgehead atoms. The van der Waals surface area contributed by atoms with E-state index in [2.05, 4.69) is 10.3 Å². The molecule has 0 saturated carbocycles. The zero-order valence-electron chi connectivity index (χ0n) is 14.4. The standard InChI is InChI=1S/C19H17ClFN5O/c20-14-5-1-3-7-17(14)26-13-16(22-23-26)19(27)25-11-9-24(10-12-25)18-8-4-2-6-15(18)21/h1-8,13H,9-12H2. The third kappa shape index (κ3) is 3.50. The fraction of sp³-hybridized carbons (Fsp3) is 0.211. The van der Waals surface area contributed by atoms with E-state index in [0.29, 0.717) is 42.6 Å². The monoisotopic (exact) mass is 385 g/mol. The number of nitrogens with zero attached hydrogens (tertiary/aromatic N) is 5. The molecular weight excluding hydrogens is 369 g/mol. The Kier molecular flexibility index (Phi) is 4.77. The number of para-hydroxylation sites is 2. The maximum Gasteiger partial charge on any atom is 0.276 e. The smallest absolute Gasteiger partial charge is 0.276 e. The van der Waals surface area contributed by atoms with Crippen LogP contribution in [0, 0.1) is 5.82 Å². The quantitative estimate of drug-likeness (QED) is 0.695. The minimum absolute atomic E-state index is 0.193. The molecule has 0 unspecified atom stereocenters. The number of aromatic nitrogens is 3. The summed E-state index contributed by atoms with van der Waals surface area (Å²) in [6.45, 7) is 2.11. The molecule has 0 spiro atoms. The van der Waals surface area contributed by atoms with Gasteiger partial charge in [0, 0.05) is 26.2 Å². The van der Waals surface area contributed by atoms with Gasteiger partial charge in [-0.2, -0.15) is 0 Å². The van der Waals surface area contributed by atoms with Crippen molar-refractivity contribution in [3.05, 3.63) is 71.3 Å². The second kappa shape index (κ2) is 7.36. The number of anilines is 1. The molecule has 138 valence electrons. The normalized spacial score (nSPS) is 14.4. The van der Waals surface area contributed by atoms with Crippen molar-refractivity contribution in [2.24, 2.45) is 0 Å². The summed E-state index contributed by atoms with van der Waals surface area (Å²) >= 11 is 6.16. The van der Waals surface area contributed by atoms with E-state index in [1.165, 1.54) is 10.7 Å². The van der Waals surface area contributed by atoms with E-state index in [9.17, 15) is 9.18 Å². The van der Waals surface area contributed by atoms with E-state index < -0.39 is 0 Å². The van der Waals surface area contributed by atoms with Gasteiger partial charge in [0.1, 0.15) is 5.82 Å². The minimum atomic E-state index is -0.250. The van der Waals surface area contributed by atoms with Crippen LogP contribution >= 0.6 is 11.6 Å². The first kappa shape index (κ1) is 17.5. The maximum absolute atomic E-state index is 13.9. The van der Waals surface area contributed by atoms with Gasteiger partial charge in [0.2, 0.25) is 0 Å². The van der Waals surface area contributed by atoms with Gasteiger partial charge in [0.05, 0.1) is 22.6 Å². The highest BCUT2D eigenvalue weighted by Crippen LogP contribution is 2.21. The number of piperazine rings is 1. The second-order valence-corrected chi connectivity index (χ2v) is 6.64. The van der Waals surface area contributed by atoms with Crippen LogP contribution in [0.3, 0.4) is 0 Å². The summed E-state index contributed by atoms with van der Waals surface area (Å²) in [5, 5.41) is 8.53. The lowest BCUT2D eigenvalue weighted by Gasteiger charge is -2.35. The summed E-state index contributed by atoms with van der Waals surface area (Å²) in [5.74, 6) is -0.443. The van der Waals surface area contributed by atoms with Crippen LogP contribution in [0.1, 0.15) is 10.5 Å². The Balaban J connectivity index is 1.44. The number of halogens is 2. The van der Waals surface area contributed by atoms with Crippen LogP contribution in [0.15, 0.2) is 54.7 Å². The van der Waals surface area contributed by atoms with Crippen LogP contribution < -0.4 is 4.90 Å². The molecule has 3 aromatic rings. The van der Waals surface area contributed by atoms with E-state index in [0.717, 1.165) is 0 Å². The highest BCUT2D eigenvalue weighted by molar-refractivity contribution is 6.32. The van der Waals surface area contributed by atoms with Crippen LogP contribution in [0.2, 0.25) is 5.02 Å². The third-order valence-electron chi connectivity index (χ3n) is 4.57. The predicted octanol–water partition coefficient (Wildman–Crippen LogP) is 3.02. The van der Waals surface area contributed by atoms with Crippen LogP contribution in [-0.2, 0) is 0 Å². The molecule has 27 heavy (non-hydrogen) atoms. The molecule has 4 rings (SSSR count). The largest absolute Gasteiger partial charge is 0.366 e. The molecule has 8 heteroatoms. The van der Waals surface area contributed by atoms with Crippen molar-refractivity contribution in [2.45, 2.75) is 0 Å². The number of benzene rings is 2. The average molecular weight is 386 g/mol. The van der Waals surface area contributed by atoms with E-state index in [1.54, 1.807) is 35.4 Å². The van der Waals surface area contributed by atoms with Crippen molar-refractivity contribution < 1.29 is 9.18 Å². The first-order chi connectivity index (χ1) is 13.1. The van der Waals surface area contributed by atoms with Crippen molar-refractivity contribution in [3.63, 3.8) is 0 Å². The molecule has 0 radical (unpaired) electrons. The molecule has 1 aliphatic rings. The van der Waals surface area contributed by atoms with Gasteiger partial charge in [-0.05, 0) is 24.3 Å². The van der Waals surface area contributed by atoms with Gasteiger partial charge in [0.25, 0.3) is 5.91 Å². The molecule has 1 aromatic heterocycles. The lowest BCUT2D eigenvalue weighted by molar-refractivity contribution is 0.0740. The number of rotatable bonds is 3. The fourth-order valence-corrected chi connectivity index (χ4v) is 3.36. The molecule has 0 atom stereocenters. The topological polar surface area (TPSA) is 54.3 Å². The Morgan fingerprint density at radius 2 is 1.63 bits per heavy atom. The maximum atomic E-state index is 13.9. The number of hydrogen-bond donors (Lipinski definition) is 0. The molecule has 2 aromatic carbocycles. The Morgan fingerprint density at radius 3 is 2.33 bits per heavy atom. The van der Waals surface area contributed by atoms with E-state index in [-0.39, 0.29) is 17.4 Å². The second-order valence-electron chi connectivity index (χ2n) is 6.23. The lowest BCUT2D eigenvalue weighted by atomic mass is 10.2. The van der Waals surface area contributed by atoms with Crippen LogP contribution in [0.25, 0.3) is 5.69 Å². The zero-order chi connectivity index (χ0) is 18.8. The highest BCUT2D eigenvalue weighted by Gasteiger charge is 2.25. The summed E-state index contributed by atoms with van der Waals surface area (Å²) in [4.78, 5) is 16.4. The van der Waals surface area contributed by atoms with E-state index in [4.69, 9.17) is 11.6 Å². The number of hydrogen-bond acceptors (Lipinski definition) is 4. The highest BCUT2D eigenvalue weighted by atomic mass is 35.5. The Hall–Kier alpha value is -2.93. The molecule has 6 nitrogen and oxygen atoms in total. The van der Waals surface area contributed by atoms with Gasteiger partial charge in [0.15, 0.2) is 5.69 Å². The molecule has 1 fully saturated rings. The van der Waals surface area contributed by atoms with Crippen molar-refractivity contribution in [3.8, 4) is 5.69 Å². The van der Waals surface area contributed by atoms with Gasteiger partial charge in [-0.15, -0.1) is 5.10 Å². The van der Waals surface area contributed by atoms with Crippen LogP contribution in [-0.4, -0.2) is 52.0 Å². The first-order valence-electron chi connectivity index (χ1n) is 8.59. The van der Waals surface area contributed by atoms with Crippen LogP contribution in [0.5, 0.6) is 0 Å². The van der Waals surface area contributed by atoms with Crippen molar-refractivity contribution in [1.29, 1.82) is 0 Å². The summed E-state index contributed by atoms with van der Waals surface area (Å²) in [6.07, 6.45) is 1.58. The van der Waals surface area contributed by atoms with Gasteiger partial charge in [-0.1, -0.05) is 41.1 Å². The summed E-state index contributed by atoms with van der Waals surface area (Å²) in [7, 11) is 0. The molecule has 0 aliphatic carbocycles. The molecular formula is C19H17ClFN5O. The van der Waals surface area contributed by atoms with E-state index in [1.807, 2.05) is 23.1 Å². The van der Waals surface area contributed by atoms with Gasteiger partial charge >= 0.3 is 0 Å². The number of amides is 1. The van der Waals surface area contributed by atoms with Crippen molar-refractivity contribution in [1.82, 2.24) is 19.9 Å². The van der Waals surface area contributed by atoms with Crippen molar-refractivity contribution in [2.75, 3.05) is 31.1 Å². The van der Waals surface area contributed by atoms with E-state index >= 15 is 0 Å². The van der Waals surface area contributed by atoms with Crippen molar-refractivity contribution >= 4 is 23.2 Å². The number of carbonyl (C=O) groups excluding carboxylic acids is 1. The molecule has 1 amide bonds. The summed E-state index contributed by atoms with van der Waals surface area (Å²) in [6, 6.07) is 13.9. The minimum Gasteiger partial charge on any atom is -0.366 e. The fourth-order valence-electron chi connectivity index (χ4n) is 3.14. The zero-order valence-corrected chi connectivity index (χ0v) is 15.2. The van der Waals surface area contributed by atoms with Gasteiger partial charge in [-0.25, -0.2) is 9.07 Å². The van der Waals surface area contributed by atoms with Gasteiger partial charge in [-0.3, -0.25) is 4.79 Å². The molecule has 0 N–H and O–H groups in total. The molecule has 1 aliphatic heterocycles. The lowest BCUT2D eigenvalue weighted by Crippen LogP contribution is -2.49. The Labute approximate surface area is 160 Å². The molecule has 1 saturated heterocycles. The summed E-state index contributed by atoms with van der Waals surface area (Å²) in [5.41, 5.74) is 1.48. The third-order valence-corrected chi connectivity index (χ3v) is 4.89. The molecule has 2 heterocycles. The Morgan fingerprint density at radius 1 is 0.963 bits per heavy atom. The van der Waals surface area contributed by atoms with Gasteiger partial charge < -0.3 is 9.80 Å².